The molecule has 1 aromatic heterocycles. The fourth-order valence-corrected chi connectivity index (χ4v) is 7.04. The van der Waals surface area contributed by atoms with Gasteiger partial charge in [-0.3, -0.25) is 0 Å². The molecule has 0 aliphatic carbocycles. The summed E-state index contributed by atoms with van der Waals surface area (Å²) in [6.45, 7) is 2.68. The van der Waals surface area contributed by atoms with Crippen molar-refractivity contribution in [3.8, 4) is 0 Å². The second-order valence-electron chi connectivity index (χ2n) is 11.8. The molecule has 2 saturated heterocycles. The molecule has 0 amide bonds. The van der Waals surface area contributed by atoms with Crippen LogP contribution in [0.5, 0.6) is 0 Å². The Morgan fingerprint density at radius 1 is 0.667 bits per heavy atom. The van der Waals surface area contributed by atoms with Gasteiger partial charge >= 0.3 is 0 Å². The van der Waals surface area contributed by atoms with Crippen LogP contribution in [0.4, 0.5) is 11.4 Å². The lowest BCUT2D eigenvalue weighted by Gasteiger charge is -2.44. The third-order valence-corrected chi connectivity index (χ3v) is 10.3. The molecule has 5 rings (SSSR count). The normalized spacial score (nSPS) is 33.4. The third kappa shape index (κ3) is 6.77. The van der Waals surface area contributed by atoms with Crippen LogP contribution in [-0.4, -0.2) is 146 Å². The minimum atomic E-state index is -1.45. The van der Waals surface area contributed by atoms with Crippen LogP contribution >= 0.6 is 11.3 Å². The summed E-state index contributed by atoms with van der Waals surface area (Å²) in [7, 11) is 3.67. The molecular formula is C30H42BrN3O10S. The van der Waals surface area contributed by atoms with E-state index in [1.165, 1.54) is 11.3 Å². The smallest absolute Gasteiger partial charge is 0.259 e. The van der Waals surface area contributed by atoms with Crippen molar-refractivity contribution in [3.05, 3.63) is 36.4 Å². The highest BCUT2D eigenvalue weighted by Crippen LogP contribution is 2.34. The molecule has 3 aromatic rings. The molecular weight excluding hydrogens is 674 g/mol. The zero-order chi connectivity index (χ0) is 32.0. The van der Waals surface area contributed by atoms with Gasteiger partial charge in [-0.1, -0.05) is 0 Å². The van der Waals surface area contributed by atoms with Crippen molar-refractivity contribution in [2.24, 2.45) is 0 Å². The number of aromatic nitrogens is 1. The number of benzene rings is 2. The van der Waals surface area contributed by atoms with Crippen LogP contribution < -0.4 is 26.8 Å². The minimum absolute atomic E-state index is 0. The lowest BCUT2D eigenvalue weighted by Crippen LogP contribution is -3.00. The Balaban J connectivity index is 0.00000461. The average molecular weight is 717 g/mol. The summed E-state index contributed by atoms with van der Waals surface area (Å²) in [6, 6.07) is 10.7. The van der Waals surface area contributed by atoms with E-state index in [2.05, 4.69) is 0 Å². The molecule has 0 spiro atoms. The molecule has 2 fully saturated rings. The van der Waals surface area contributed by atoms with Gasteiger partial charge in [0.25, 0.3) is 9.40 Å². The number of rotatable bonds is 8. The molecule has 0 bridgehead atoms. The first kappa shape index (κ1) is 36.0. The molecule has 0 saturated carbocycles. The molecule has 0 radical (unpaired) electrons. The van der Waals surface area contributed by atoms with E-state index in [0.29, 0.717) is 0 Å². The first-order valence-corrected chi connectivity index (χ1v) is 15.4. The van der Waals surface area contributed by atoms with E-state index in [4.69, 9.17) is 14.5 Å². The average Bonchev–Trinajstić information content (AvgIpc) is 3.03. The summed E-state index contributed by atoms with van der Waals surface area (Å²) in [5, 5.41) is 81.3. The van der Waals surface area contributed by atoms with E-state index in [0.717, 1.165) is 31.8 Å². The molecule has 8 N–H and O–H groups in total. The van der Waals surface area contributed by atoms with E-state index in [9.17, 15) is 40.9 Å². The van der Waals surface area contributed by atoms with Crippen molar-refractivity contribution < 1.29 is 67.3 Å². The number of ether oxygens (including phenoxy) is 2. The Hall–Kier alpha value is -1.86. The van der Waals surface area contributed by atoms with E-state index in [-0.39, 0.29) is 17.0 Å². The number of anilines is 2. The van der Waals surface area contributed by atoms with Crippen LogP contribution in [0.1, 0.15) is 13.8 Å². The molecule has 45 heavy (non-hydrogen) atoms. The summed E-state index contributed by atoms with van der Waals surface area (Å²) >= 11 is 1.53. The molecule has 2 aliphatic heterocycles. The van der Waals surface area contributed by atoms with Crippen LogP contribution in [0.25, 0.3) is 20.4 Å². The lowest BCUT2D eigenvalue weighted by molar-refractivity contribution is -0.232. The molecule has 13 nitrogen and oxygen atoms in total. The van der Waals surface area contributed by atoms with Crippen LogP contribution in [0, 0.1) is 0 Å². The molecule has 250 valence electrons. The van der Waals surface area contributed by atoms with Gasteiger partial charge in [0.05, 0.1) is 25.3 Å². The van der Waals surface area contributed by atoms with Gasteiger partial charge in [-0.2, -0.15) is 0 Å². The van der Waals surface area contributed by atoms with Gasteiger partial charge in [0.2, 0.25) is 11.3 Å². The standard InChI is InChI=1S/C30H42N3O10S.BrH/c1-13(29-27(40)25(38)23(36)19(11-34)42-29)32(3)15-5-7-17-21(9-15)44-22-10-16(6-8-18(22)31-17)33(4)14(2)30-28(41)26(39)24(37)20(12-35)43-30;/h5-10,13-14,19-20,23-30,34-41H,11-12H2,1-4H3;1H/q+1;/p-1/t13?,14?,19-,20-,23+,24+,25+,26+,27-,28-,29+,30+;/m1./s1. The minimum Gasteiger partial charge on any atom is -1.00 e. The van der Waals surface area contributed by atoms with Gasteiger partial charge in [-0.15, -0.1) is 0 Å². The summed E-state index contributed by atoms with van der Waals surface area (Å²) in [5.41, 5.74) is 3.19. The summed E-state index contributed by atoms with van der Waals surface area (Å²) in [5.74, 6) is 0. The second-order valence-corrected chi connectivity index (χ2v) is 12.9. The molecule has 3 heterocycles. The third-order valence-electron chi connectivity index (χ3n) is 9.19. The quantitative estimate of drug-likeness (QED) is 0.0832. The monoisotopic (exact) mass is 715 g/mol. The topological polar surface area (TPSA) is 200 Å². The molecule has 2 aromatic carbocycles. The Labute approximate surface area is 275 Å². The predicted octanol–water partition coefficient (Wildman–Crippen LogP) is -3.93. The second kappa shape index (κ2) is 14.5. The van der Waals surface area contributed by atoms with Crippen molar-refractivity contribution >= 4 is 43.1 Å². The Kier molecular flexibility index (Phi) is 11.6. The van der Waals surface area contributed by atoms with Crippen LogP contribution in [0.3, 0.4) is 0 Å². The molecule has 2 unspecified atom stereocenters. The number of hydrogen-bond donors (Lipinski definition) is 8. The number of fused-ring (bicyclic) bond motifs is 2. The number of halogens is 1. The van der Waals surface area contributed by atoms with E-state index in [1.807, 2.05) is 74.1 Å². The maximum Gasteiger partial charge on any atom is 0.259 e. The van der Waals surface area contributed by atoms with Crippen molar-refractivity contribution in [2.75, 3.05) is 37.1 Å². The number of hydrogen-bond acceptors (Lipinski definition) is 13. The van der Waals surface area contributed by atoms with Crippen molar-refractivity contribution in [1.29, 1.82) is 0 Å². The van der Waals surface area contributed by atoms with Gasteiger partial charge in [0, 0.05) is 37.6 Å². The van der Waals surface area contributed by atoms with Crippen LogP contribution in [-0.2, 0) is 9.47 Å². The Morgan fingerprint density at radius 3 is 1.40 bits per heavy atom. The maximum atomic E-state index is 10.6. The van der Waals surface area contributed by atoms with E-state index >= 15 is 0 Å². The van der Waals surface area contributed by atoms with Gasteiger partial charge in [-0.25, -0.2) is 4.98 Å². The van der Waals surface area contributed by atoms with Gasteiger partial charge < -0.3 is 77.1 Å². The van der Waals surface area contributed by atoms with Crippen molar-refractivity contribution in [3.63, 3.8) is 0 Å². The number of aliphatic hydroxyl groups is 8. The number of likely N-dealkylation sites (N-methyl/N-ethyl adjacent to an activating group) is 2. The fraction of sp³-hybridized carbons (Fsp3) is 0.600. The molecule has 15 heteroatoms. The highest BCUT2D eigenvalue weighted by Gasteiger charge is 2.47. The van der Waals surface area contributed by atoms with Gasteiger partial charge in [0.1, 0.15) is 72.1 Å². The van der Waals surface area contributed by atoms with Crippen LogP contribution in [0.2, 0.25) is 0 Å². The highest BCUT2D eigenvalue weighted by molar-refractivity contribution is 7.24. The van der Waals surface area contributed by atoms with Crippen LogP contribution in [0.15, 0.2) is 36.4 Å². The molecule has 2 aliphatic rings. The van der Waals surface area contributed by atoms with E-state index in [1.54, 1.807) is 0 Å². The predicted molar refractivity (Wildman–Crippen MR) is 165 cm³/mol. The van der Waals surface area contributed by atoms with Gasteiger partial charge in [-0.05, 0) is 38.1 Å². The lowest BCUT2D eigenvalue weighted by atomic mass is 9.91. The summed E-state index contributed by atoms with van der Waals surface area (Å²) < 4.78 is 13.3. The Morgan fingerprint density at radius 2 is 1.04 bits per heavy atom. The number of aliphatic hydroxyl groups excluding tert-OH is 8. The SMILES string of the molecule is CC([C@@H]1O[C@H](CO)[C@H](O)[C@H](O)[C@H]1O)N(C)c1ccc2nc3ccc(N(C)C(C)[C@@H]4O[C@H](CO)[C@H](O)[C@H](O)[C@H]4O)cc3[s+]c2c1.[Br-]. The first-order chi connectivity index (χ1) is 20.9. The van der Waals surface area contributed by atoms with Crippen molar-refractivity contribution in [2.45, 2.75) is 87.0 Å². The summed E-state index contributed by atoms with van der Waals surface area (Å²) in [4.78, 5) is 8.61. The summed E-state index contributed by atoms with van der Waals surface area (Å²) in [6.07, 6.45) is -12.1. The fourth-order valence-electron chi connectivity index (χ4n) is 6.01. The largest absolute Gasteiger partial charge is 1.00 e. The maximum absolute atomic E-state index is 10.6. The van der Waals surface area contributed by atoms with Crippen molar-refractivity contribution in [1.82, 2.24) is 4.98 Å². The zero-order valence-electron chi connectivity index (χ0n) is 25.3. The first-order valence-electron chi connectivity index (χ1n) is 14.6. The highest BCUT2D eigenvalue weighted by atomic mass is 79.9. The number of nitrogens with zero attached hydrogens (tertiary/aromatic N) is 3. The molecule has 12 atom stereocenters. The zero-order valence-corrected chi connectivity index (χ0v) is 27.7. The van der Waals surface area contributed by atoms with E-state index < -0.39 is 86.3 Å². The Bertz CT molecular complexity index is 1350. The van der Waals surface area contributed by atoms with Gasteiger partial charge in [0.15, 0.2) is 0 Å².